The molecule has 0 saturated heterocycles. The lowest BCUT2D eigenvalue weighted by Crippen LogP contribution is -2.06. The molecule has 13 heavy (non-hydrogen) atoms. The monoisotopic (exact) mass is 177 g/mol. The molecule has 0 aliphatic heterocycles. The minimum absolute atomic E-state index is 0.467. The fourth-order valence-corrected chi connectivity index (χ4v) is 0.910. The van der Waals surface area contributed by atoms with Crippen LogP contribution in [-0.2, 0) is 4.79 Å². The van der Waals surface area contributed by atoms with Crippen LogP contribution in [0.2, 0.25) is 0 Å². The molecule has 0 aromatic heterocycles. The Balaban J connectivity index is 2.83. The average molecular weight is 177 g/mol. The number of nitrogens with one attached hydrogen (secondary N) is 1. The molecule has 1 amide bonds. The van der Waals surface area contributed by atoms with Gasteiger partial charge in [0.15, 0.2) is 0 Å². The van der Waals surface area contributed by atoms with Gasteiger partial charge in [0, 0.05) is 11.8 Å². The van der Waals surface area contributed by atoms with Crippen molar-refractivity contribution in [2.24, 2.45) is 11.6 Å². The van der Waals surface area contributed by atoms with Crippen LogP contribution in [0.25, 0.3) is 6.08 Å². The van der Waals surface area contributed by atoms with Crippen molar-refractivity contribution in [3.05, 3.63) is 35.9 Å². The van der Waals surface area contributed by atoms with E-state index in [9.17, 15) is 4.79 Å². The highest BCUT2D eigenvalue weighted by molar-refractivity contribution is 5.90. The lowest BCUT2D eigenvalue weighted by Gasteiger charge is -1.99. The van der Waals surface area contributed by atoms with Crippen LogP contribution in [0.3, 0.4) is 0 Å². The van der Waals surface area contributed by atoms with Gasteiger partial charge in [-0.1, -0.05) is 12.1 Å². The van der Waals surface area contributed by atoms with E-state index >= 15 is 0 Å². The summed E-state index contributed by atoms with van der Waals surface area (Å²) >= 11 is 0. The van der Waals surface area contributed by atoms with Crippen LogP contribution in [0.1, 0.15) is 5.56 Å². The van der Waals surface area contributed by atoms with Crippen molar-refractivity contribution in [3.63, 3.8) is 0 Å². The van der Waals surface area contributed by atoms with Crippen LogP contribution in [0.4, 0.5) is 5.69 Å². The van der Waals surface area contributed by atoms with Gasteiger partial charge in [-0.25, -0.2) is 0 Å². The van der Waals surface area contributed by atoms with Gasteiger partial charge >= 0.3 is 0 Å². The predicted octanol–water partition coefficient (Wildman–Crippen LogP) is 0.471. The lowest BCUT2D eigenvalue weighted by atomic mass is 10.2. The molecular weight excluding hydrogens is 166 g/mol. The summed E-state index contributed by atoms with van der Waals surface area (Å²) in [6.45, 7) is 0. The number of hydrogen-bond donors (Lipinski definition) is 3. The van der Waals surface area contributed by atoms with Crippen LogP contribution >= 0.6 is 0 Å². The maximum Gasteiger partial charge on any atom is 0.241 e. The van der Waals surface area contributed by atoms with Gasteiger partial charge in [-0.2, -0.15) is 0 Å². The quantitative estimate of drug-likeness (QED) is 0.356. The Morgan fingerprint density at radius 3 is 2.85 bits per heavy atom. The van der Waals surface area contributed by atoms with E-state index < -0.39 is 5.91 Å². The second-order valence-corrected chi connectivity index (χ2v) is 2.51. The maximum atomic E-state index is 10.4. The molecule has 0 heterocycles. The zero-order valence-electron chi connectivity index (χ0n) is 7.03. The first-order valence-electron chi connectivity index (χ1n) is 3.76. The van der Waals surface area contributed by atoms with Gasteiger partial charge in [0.1, 0.15) is 0 Å². The molecule has 0 aliphatic carbocycles. The Kier molecular flexibility index (Phi) is 3.05. The van der Waals surface area contributed by atoms with Crippen molar-refractivity contribution in [2.45, 2.75) is 0 Å². The minimum Gasteiger partial charge on any atom is -0.366 e. The van der Waals surface area contributed by atoms with Gasteiger partial charge in [0.2, 0.25) is 5.91 Å². The summed E-state index contributed by atoms with van der Waals surface area (Å²) in [4.78, 5) is 10.4. The van der Waals surface area contributed by atoms with Crippen LogP contribution in [-0.4, -0.2) is 5.91 Å². The molecule has 4 nitrogen and oxygen atoms in total. The topological polar surface area (TPSA) is 81.1 Å². The summed E-state index contributed by atoms with van der Waals surface area (Å²) in [6, 6.07) is 7.30. The van der Waals surface area contributed by atoms with Gasteiger partial charge in [0.25, 0.3) is 0 Å². The van der Waals surface area contributed by atoms with Gasteiger partial charge in [-0.15, -0.1) is 0 Å². The van der Waals surface area contributed by atoms with E-state index in [1.165, 1.54) is 6.08 Å². The van der Waals surface area contributed by atoms with E-state index in [1.54, 1.807) is 12.1 Å². The fourth-order valence-electron chi connectivity index (χ4n) is 0.910. The number of amides is 1. The molecule has 68 valence electrons. The Labute approximate surface area is 76.2 Å². The zero-order valence-corrected chi connectivity index (χ0v) is 7.03. The summed E-state index contributed by atoms with van der Waals surface area (Å²) in [5.41, 5.74) is 9.10. The molecule has 5 N–H and O–H groups in total. The van der Waals surface area contributed by atoms with Crippen molar-refractivity contribution in [1.82, 2.24) is 0 Å². The Morgan fingerprint density at radius 1 is 1.46 bits per heavy atom. The number of nitrogen functional groups attached to an aromatic ring is 1. The second-order valence-electron chi connectivity index (χ2n) is 2.51. The van der Waals surface area contributed by atoms with Crippen molar-refractivity contribution in [1.29, 1.82) is 0 Å². The number of nitrogens with two attached hydrogens (primary N) is 2. The minimum atomic E-state index is -0.467. The standard InChI is InChI=1S/C9H11N3O/c10-9(13)5-4-7-2-1-3-8(6-7)12-11/h1-6,12H,11H2,(H2,10,13). The number of anilines is 1. The molecule has 1 aromatic carbocycles. The summed E-state index contributed by atoms with van der Waals surface area (Å²) in [7, 11) is 0. The van der Waals surface area contributed by atoms with Gasteiger partial charge in [0.05, 0.1) is 0 Å². The third-order valence-electron chi connectivity index (χ3n) is 1.49. The van der Waals surface area contributed by atoms with Crippen LogP contribution < -0.4 is 17.0 Å². The van der Waals surface area contributed by atoms with E-state index in [0.717, 1.165) is 11.3 Å². The number of rotatable bonds is 3. The van der Waals surface area contributed by atoms with E-state index in [1.807, 2.05) is 18.2 Å². The van der Waals surface area contributed by atoms with Gasteiger partial charge in [-0.05, 0) is 23.8 Å². The van der Waals surface area contributed by atoms with E-state index in [0.29, 0.717) is 0 Å². The number of primary amides is 1. The highest BCUT2D eigenvalue weighted by atomic mass is 16.1. The summed E-state index contributed by atoms with van der Waals surface area (Å²) in [5, 5.41) is 0. The molecular formula is C9H11N3O. The third-order valence-corrected chi connectivity index (χ3v) is 1.49. The van der Waals surface area contributed by atoms with Crippen molar-refractivity contribution < 1.29 is 4.79 Å². The van der Waals surface area contributed by atoms with Crippen molar-refractivity contribution >= 4 is 17.7 Å². The molecule has 0 unspecified atom stereocenters. The lowest BCUT2D eigenvalue weighted by molar-refractivity contribution is -0.113. The summed E-state index contributed by atoms with van der Waals surface area (Å²) in [5.74, 6) is 4.74. The molecule has 0 fully saturated rings. The third kappa shape index (κ3) is 2.96. The number of hydrogen-bond acceptors (Lipinski definition) is 3. The predicted molar refractivity (Wildman–Crippen MR) is 52.5 cm³/mol. The molecule has 1 rings (SSSR count). The first-order valence-corrected chi connectivity index (χ1v) is 3.76. The van der Waals surface area contributed by atoms with Crippen LogP contribution in [0.5, 0.6) is 0 Å². The largest absolute Gasteiger partial charge is 0.366 e. The molecule has 0 aliphatic rings. The fraction of sp³-hybridized carbons (Fsp3) is 0. The van der Waals surface area contributed by atoms with E-state index in [2.05, 4.69) is 5.43 Å². The normalized spacial score (nSPS) is 10.2. The highest BCUT2D eigenvalue weighted by Crippen LogP contribution is 2.10. The molecule has 0 bridgehead atoms. The first kappa shape index (κ1) is 9.28. The summed E-state index contributed by atoms with van der Waals surface area (Å²) in [6.07, 6.45) is 2.93. The maximum absolute atomic E-state index is 10.4. The number of carbonyl (C=O) groups is 1. The zero-order chi connectivity index (χ0) is 9.68. The molecule has 0 spiro atoms. The highest BCUT2D eigenvalue weighted by Gasteiger charge is 1.90. The number of hydrazine groups is 1. The Bertz CT molecular complexity index is 333. The number of carbonyl (C=O) groups excluding carboxylic acids is 1. The molecule has 0 radical (unpaired) electrons. The molecule has 4 heteroatoms. The van der Waals surface area contributed by atoms with Gasteiger partial charge < -0.3 is 11.2 Å². The Morgan fingerprint density at radius 2 is 2.23 bits per heavy atom. The molecule has 1 aromatic rings. The van der Waals surface area contributed by atoms with Crippen molar-refractivity contribution in [2.75, 3.05) is 5.43 Å². The first-order chi connectivity index (χ1) is 6.22. The average Bonchev–Trinajstić information content (AvgIpc) is 2.15. The van der Waals surface area contributed by atoms with Crippen molar-refractivity contribution in [3.8, 4) is 0 Å². The molecule has 0 saturated carbocycles. The summed E-state index contributed by atoms with van der Waals surface area (Å²) < 4.78 is 0. The van der Waals surface area contributed by atoms with Crippen LogP contribution in [0, 0.1) is 0 Å². The molecule has 0 atom stereocenters. The smallest absolute Gasteiger partial charge is 0.241 e. The SMILES string of the molecule is NNc1cccc(C=CC(N)=O)c1. The second kappa shape index (κ2) is 4.27. The van der Waals surface area contributed by atoms with Crippen LogP contribution in [0.15, 0.2) is 30.3 Å². The van der Waals surface area contributed by atoms with E-state index in [-0.39, 0.29) is 0 Å². The Hall–Kier alpha value is -1.81. The number of benzene rings is 1. The van der Waals surface area contributed by atoms with E-state index in [4.69, 9.17) is 11.6 Å². The van der Waals surface area contributed by atoms with Gasteiger partial charge in [-0.3, -0.25) is 10.6 Å².